The van der Waals surface area contributed by atoms with Gasteiger partial charge in [0.1, 0.15) is 0 Å². The summed E-state index contributed by atoms with van der Waals surface area (Å²) in [7, 11) is 0. The fourth-order valence-electron chi connectivity index (χ4n) is 7.22. The molecule has 3 saturated carbocycles. The van der Waals surface area contributed by atoms with Gasteiger partial charge in [-0.1, -0.05) is 25.5 Å². The lowest BCUT2D eigenvalue weighted by Gasteiger charge is -2.62. The van der Waals surface area contributed by atoms with Crippen molar-refractivity contribution < 1.29 is 28.9 Å². The minimum atomic E-state index is -1.96. The molecule has 0 radical (unpaired) electrons. The Bertz CT molecular complexity index is 820. The Morgan fingerprint density at radius 2 is 2.03 bits per heavy atom. The number of carbonyl (C=O) groups excluding carboxylic acids is 2. The average molecular weight is 406 g/mol. The van der Waals surface area contributed by atoms with E-state index in [9.17, 15) is 19.8 Å². The molecule has 5 nitrogen and oxygen atoms in total. The van der Waals surface area contributed by atoms with E-state index in [1.165, 1.54) is 12.2 Å². The molecule has 0 saturated heterocycles. The van der Waals surface area contributed by atoms with Crippen LogP contribution in [0.25, 0.3) is 0 Å². The quantitative estimate of drug-likeness (QED) is 0.689. The molecule has 0 bridgehead atoms. The molecule has 8 atom stereocenters. The summed E-state index contributed by atoms with van der Waals surface area (Å²) in [4.78, 5) is 24.7. The van der Waals surface area contributed by atoms with Gasteiger partial charge in [0, 0.05) is 16.7 Å². The maximum atomic E-state index is 16.9. The summed E-state index contributed by atoms with van der Waals surface area (Å²) in [6.07, 6.45) is 4.63. The van der Waals surface area contributed by atoms with E-state index in [2.05, 4.69) is 0 Å². The van der Waals surface area contributed by atoms with Gasteiger partial charge in [-0.3, -0.25) is 4.79 Å². The monoisotopic (exact) mass is 406 g/mol. The molecule has 4 aliphatic carbocycles. The first-order chi connectivity index (χ1) is 13.5. The molecule has 0 aromatic carbocycles. The van der Waals surface area contributed by atoms with Gasteiger partial charge >= 0.3 is 5.97 Å². The minimum absolute atomic E-state index is 0.0328. The van der Waals surface area contributed by atoms with Gasteiger partial charge in [0.25, 0.3) is 0 Å². The largest absolute Gasteiger partial charge is 0.464 e. The summed E-state index contributed by atoms with van der Waals surface area (Å²) >= 11 is 0. The maximum absolute atomic E-state index is 16.9. The summed E-state index contributed by atoms with van der Waals surface area (Å²) < 4.78 is 22.1. The lowest BCUT2D eigenvalue weighted by Crippen LogP contribution is -2.69. The average Bonchev–Trinajstić information content (AvgIpc) is 2.85. The molecular weight excluding hydrogens is 375 g/mol. The van der Waals surface area contributed by atoms with E-state index < -0.39 is 46.0 Å². The van der Waals surface area contributed by atoms with Gasteiger partial charge in [0.05, 0.1) is 12.7 Å². The molecule has 8 unspecified atom stereocenters. The summed E-state index contributed by atoms with van der Waals surface area (Å²) in [6.45, 7) is 7.21. The number of fused-ring (bicyclic) bond motifs is 5. The zero-order chi connectivity index (χ0) is 21.4. The number of halogens is 1. The maximum Gasteiger partial charge on any atom is 0.338 e. The van der Waals surface area contributed by atoms with E-state index in [0.717, 1.165) is 5.57 Å². The second-order valence-corrected chi connectivity index (χ2v) is 9.89. The number of esters is 1. The summed E-state index contributed by atoms with van der Waals surface area (Å²) in [5, 5.41) is 22.8. The van der Waals surface area contributed by atoms with E-state index in [1.807, 2.05) is 6.92 Å². The van der Waals surface area contributed by atoms with E-state index in [4.69, 9.17) is 4.74 Å². The third-order valence-electron chi connectivity index (χ3n) is 8.81. The van der Waals surface area contributed by atoms with Crippen LogP contribution in [-0.4, -0.2) is 45.9 Å². The number of ketones is 1. The molecule has 4 rings (SSSR count). The zero-order valence-corrected chi connectivity index (χ0v) is 17.6. The van der Waals surface area contributed by atoms with Gasteiger partial charge in [-0.25, -0.2) is 9.18 Å². The Kier molecular flexibility index (Phi) is 4.46. The van der Waals surface area contributed by atoms with Crippen molar-refractivity contribution in [3.05, 3.63) is 23.8 Å². The molecule has 3 fully saturated rings. The van der Waals surface area contributed by atoms with Crippen LogP contribution in [0.1, 0.15) is 53.4 Å². The number of aliphatic hydroxyl groups is 2. The number of aliphatic hydroxyl groups excluding tert-OH is 1. The Balaban J connectivity index is 1.81. The molecule has 0 aromatic rings. The van der Waals surface area contributed by atoms with Gasteiger partial charge < -0.3 is 14.9 Å². The topological polar surface area (TPSA) is 83.8 Å². The smallest absolute Gasteiger partial charge is 0.338 e. The van der Waals surface area contributed by atoms with Gasteiger partial charge in [0.2, 0.25) is 0 Å². The van der Waals surface area contributed by atoms with Crippen molar-refractivity contribution >= 4 is 11.8 Å². The highest BCUT2D eigenvalue weighted by Gasteiger charge is 2.76. The predicted octanol–water partition coefficient (Wildman–Crippen LogP) is 2.90. The van der Waals surface area contributed by atoms with Crippen molar-refractivity contribution in [1.82, 2.24) is 0 Å². The molecule has 0 spiro atoms. The summed E-state index contributed by atoms with van der Waals surface area (Å²) in [5.74, 6) is -2.03. The van der Waals surface area contributed by atoms with E-state index in [1.54, 1.807) is 26.8 Å². The Morgan fingerprint density at radius 1 is 1.34 bits per heavy atom. The fraction of sp³-hybridized carbons (Fsp3) is 0.739. The highest BCUT2D eigenvalue weighted by molar-refractivity contribution is 6.01. The first-order valence-corrected chi connectivity index (χ1v) is 10.7. The summed E-state index contributed by atoms with van der Waals surface area (Å²) in [5.41, 5.74) is -5.05. The fourth-order valence-corrected chi connectivity index (χ4v) is 7.22. The van der Waals surface area contributed by atoms with E-state index in [-0.39, 0.29) is 24.7 Å². The first-order valence-electron chi connectivity index (χ1n) is 10.7. The Labute approximate surface area is 171 Å². The van der Waals surface area contributed by atoms with Crippen LogP contribution in [-0.2, 0) is 14.3 Å². The van der Waals surface area contributed by atoms with Crippen molar-refractivity contribution in [2.45, 2.75) is 70.8 Å². The summed E-state index contributed by atoms with van der Waals surface area (Å²) in [6, 6.07) is 0. The molecule has 29 heavy (non-hydrogen) atoms. The lowest BCUT2D eigenvalue weighted by atomic mass is 9.45. The SMILES string of the molecule is CCOC(=O)C1(O)C(C)CC2C3CCC4=CC(=O)C=CC4(C)C3(F)C(O)CC21C. The van der Waals surface area contributed by atoms with Crippen LogP contribution in [0.5, 0.6) is 0 Å². The highest BCUT2D eigenvalue weighted by atomic mass is 19.1. The van der Waals surface area contributed by atoms with Crippen LogP contribution in [0.4, 0.5) is 4.39 Å². The van der Waals surface area contributed by atoms with E-state index >= 15 is 4.39 Å². The second-order valence-electron chi connectivity index (χ2n) is 9.89. The molecule has 4 aliphatic rings. The number of rotatable bonds is 2. The van der Waals surface area contributed by atoms with Gasteiger partial charge in [-0.05, 0) is 63.5 Å². The zero-order valence-electron chi connectivity index (χ0n) is 17.6. The number of carbonyl (C=O) groups is 2. The molecule has 2 N–H and O–H groups in total. The molecule has 0 aliphatic heterocycles. The molecule has 160 valence electrons. The van der Waals surface area contributed by atoms with Crippen molar-refractivity contribution in [3.8, 4) is 0 Å². The highest BCUT2D eigenvalue weighted by Crippen LogP contribution is 2.70. The van der Waals surface area contributed by atoms with Crippen LogP contribution >= 0.6 is 0 Å². The third kappa shape index (κ3) is 2.27. The number of allylic oxidation sites excluding steroid dienone is 4. The van der Waals surface area contributed by atoms with Crippen LogP contribution < -0.4 is 0 Å². The van der Waals surface area contributed by atoms with Crippen molar-refractivity contribution in [2.24, 2.45) is 28.6 Å². The van der Waals surface area contributed by atoms with Crippen LogP contribution in [0, 0.1) is 28.6 Å². The van der Waals surface area contributed by atoms with Crippen molar-refractivity contribution in [2.75, 3.05) is 6.61 Å². The number of hydrogen-bond donors (Lipinski definition) is 2. The molecule has 0 amide bonds. The Morgan fingerprint density at radius 3 is 2.69 bits per heavy atom. The van der Waals surface area contributed by atoms with Gasteiger partial charge in [-0.15, -0.1) is 0 Å². The molecule has 0 aromatic heterocycles. The van der Waals surface area contributed by atoms with Crippen LogP contribution in [0.3, 0.4) is 0 Å². The van der Waals surface area contributed by atoms with Crippen LogP contribution in [0.2, 0.25) is 0 Å². The Hall–Kier alpha value is -1.53. The van der Waals surface area contributed by atoms with Gasteiger partial charge in [0.15, 0.2) is 17.1 Å². The van der Waals surface area contributed by atoms with E-state index in [0.29, 0.717) is 19.3 Å². The third-order valence-corrected chi connectivity index (χ3v) is 8.81. The lowest BCUT2D eigenvalue weighted by molar-refractivity contribution is -0.227. The predicted molar refractivity (Wildman–Crippen MR) is 104 cm³/mol. The van der Waals surface area contributed by atoms with Crippen molar-refractivity contribution in [3.63, 3.8) is 0 Å². The normalized spacial score (nSPS) is 51.0. The van der Waals surface area contributed by atoms with Crippen LogP contribution in [0.15, 0.2) is 23.8 Å². The number of ether oxygens (including phenoxy) is 1. The second kappa shape index (κ2) is 6.24. The van der Waals surface area contributed by atoms with Crippen molar-refractivity contribution in [1.29, 1.82) is 0 Å². The first kappa shape index (κ1) is 20.7. The van der Waals surface area contributed by atoms with Gasteiger partial charge in [-0.2, -0.15) is 0 Å². The standard InChI is InChI=1S/C23H31FO5/c1-5-29-19(27)23(28)13(2)10-17-16-7-6-14-11-15(25)8-9-20(14,3)22(16,24)18(26)12-21(17,23)4/h8-9,11,13,16-18,26,28H,5-7,10,12H2,1-4H3. The number of hydrogen-bond acceptors (Lipinski definition) is 5. The molecule has 6 heteroatoms. The number of alkyl halides is 1. The minimum Gasteiger partial charge on any atom is -0.464 e. The molecular formula is C23H31FO5. The molecule has 0 heterocycles.